The van der Waals surface area contributed by atoms with Gasteiger partial charge in [-0.1, -0.05) is 15.9 Å². The van der Waals surface area contributed by atoms with E-state index in [4.69, 9.17) is 14.6 Å². The summed E-state index contributed by atoms with van der Waals surface area (Å²) in [7, 11) is 0. The van der Waals surface area contributed by atoms with E-state index >= 15 is 0 Å². The highest BCUT2D eigenvalue weighted by Crippen LogP contribution is 2.27. The maximum absolute atomic E-state index is 9.14. The third-order valence-electron chi connectivity index (χ3n) is 4.36. The highest BCUT2D eigenvalue weighted by atomic mass is 79.9. The Morgan fingerprint density at radius 1 is 1.26 bits per heavy atom. The number of aryl methyl sites for hydroxylation is 1. The van der Waals surface area contributed by atoms with Crippen molar-refractivity contribution >= 4 is 32.9 Å². The standard InChI is InChI=1S/C18H20BrN5O3/c1-12-10-13(19)2-3-15(12)24-11-14-16(22-24)20-18(21-17(14)27-9-6-25)23-4-7-26-8-5-23/h2-3,10-11,25H,4-9H2,1H3. The summed E-state index contributed by atoms with van der Waals surface area (Å²) in [6, 6.07) is 6.01. The van der Waals surface area contributed by atoms with E-state index in [0.717, 1.165) is 28.8 Å². The highest BCUT2D eigenvalue weighted by molar-refractivity contribution is 9.10. The van der Waals surface area contributed by atoms with Crippen LogP contribution in [0.4, 0.5) is 5.95 Å². The second-order valence-corrected chi connectivity index (χ2v) is 7.16. The molecule has 3 aromatic rings. The quantitative estimate of drug-likeness (QED) is 0.658. The minimum atomic E-state index is -0.0850. The van der Waals surface area contributed by atoms with E-state index in [9.17, 15) is 0 Å². The first-order valence-electron chi connectivity index (χ1n) is 8.76. The second-order valence-electron chi connectivity index (χ2n) is 6.24. The van der Waals surface area contributed by atoms with Crippen molar-refractivity contribution in [1.29, 1.82) is 0 Å². The molecule has 0 unspecified atom stereocenters. The van der Waals surface area contributed by atoms with Crippen LogP contribution in [0.5, 0.6) is 5.88 Å². The Bertz CT molecular complexity index is 956. The lowest BCUT2D eigenvalue weighted by atomic mass is 10.2. The summed E-state index contributed by atoms with van der Waals surface area (Å²) < 4.78 is 13.9. The van der Waals surface area contributed by atoms with Crippen LogP contribution < -0.4 is 9.64 Å². The lowest BCUT2D eigenvalue weighted by Gasteiger charge is -2.26. The molecule has 9 heteroatoms. The molecule has 0 spiro atoms. The maximum atomic E-state index is 9.14. The number of aliphatic hydroxyl groups excluding tert-OH is 1. The molecular formula is C18H20BrN5O3. The van der Waals surface area contributed by atoms with E-state index < -0.39 is 0 Å². The summed E-state index contributed by atoms with van der Waals surface area (Å²) in [5.41, 5.74) is 2.59. The molecular weight excluding hydrogens is 414 g/mol. The largest absolute Gasteiger partial charge is 0.475 e. The fraction of sp³-hybridized carbons (Fsp3) is 0.389. The zero-order valence-corrected chi connectivity index (χ0v) is 16.5. The Hall–Kier alpha value is -2.23. The topological polar surface area (TPSA) is 85.5 Å². The SMILES string of the molecule is Cc1cc(Br)ccc1-n1cc2c(OCCO)nc(N3CCOCC3)nc2n1. The molecule has 8 nitrogen and oxygen atoms in total. The number of aliphatic hydroxyl groups is 1. The van der Waals surface area contributed by atoms with Gasteiger partial charge in [0.2, 0.25) is 11.8 Å². The van der Waals surface area contributed by atoms with Crippen molar-refractivity contribution in [2.24, 2.45) is 0 Å². The molecule has 0 saturated carbocycles. The van der Waals surface area contributed by atoms with Crippen LogP contribution in [-0.4, -0.2) is 64.4 Å². The minimum absolute atomic E-state index is 0.0850. The van der Waals surface area contributed by atoms with Crippen LogP contribution in [0.2, 0.25) is 0 Å². The number of hydrogen-bond donors (Lipinski definition) is 1. The number of anilines is 1. The average Bonchev–Trinajstić information content (AvgIpc) is 3.10. The Balaban J connectivity index is 1.79. The van der Waals surface area contributed by atoms with Crippen molar-refractivity contribution in [3.8, 4) is 11.6 Å². The van der Waals surface area contributed by atoms with E-state index in [1.54, 1.807) is 4.68 Å². The van der Waals surface area contributed by atoms with Crippen LogP contribution in [-0.2, 0) is 4.74 Å². The van der Waals surface area contributed by atoms with Crippen LogP contribution in [0.15, 0.2) is 28.9 Å². The fourth-order valence-electron chi connectivity index (χ4n) is 3.03. The smallest absolute Gasteiger partial charge is 0.230 e. The average molecular weight is 434 g/mol. The lowest BCUT2D eigenvalue weighted by Crippen LogP contribution is -2.37. The van der Waals surface area contributed by atoms with Gasteiger partial charge in [-0.3, -0.25) is 0 Å². The van der Waals surface area contributed by atoms with Crippen molar-refractivity contribution < 1.29 is 14.6 Å². The van der Waals surface area contributed by atoms with Crippen LogP contribution >= 0.6 is 15.9 Å². The normalized spacial score (nSPS) is 14.7. The van der Waals surface area contributed by atoms with Gasteiger partial charge in [0.25, 0.3) is 0 Å². The van der Waals surface area contributed by atoms with Crippen molar-refractivity contribution in [2.45, 2.75) is 6.92 Å². The minimum Gasteiger partial charge on any atom is -0.475 e. The van der Waals surface area contributed by atoms with Gasteiger partial charge in [-0.25, -0.2) is 4.68 Å². The lowest BCUT2D eigenvalue weighted by molar-refractivity contribution is 0.122. The summed E-state index contributed by atoms with van der Waals surface area (Å²) >= 11 is 3.49. The summed E-state index contributed by atoms with van der Waals surface area (Å²) in [4.78, 5) is 11.3. The van der Waals surface area contributed by atoms with Gasteiger partial charge in [0.15, 0.2) is 5.65 Å². The molecule has 0 bridgehead atoms. The number of fused-ring (bicyclic) bond motifs is 1. The molecule has 0 amide bonds. The van der Waals surface area contributed by atoms with Gasteiger partial charge in [0.1, 0.15) is 12.0 Å². The molecule has 0 atom stereocenters. The second kappa shape index (κ2) is 7.79. The molecule has 0 aliphatic carbocycles. The first-order valence-corrected chi connectivity index (χ1v) is 9.55. The van der Waals surface area contributed by atoms with E-state index in [0.29, 0.717) is 36.1 Å². The van der Waals surface area contributed by atoms with Crippen LogP contribution in [0.25, 0.3) is 16.7 Å². The van der Waals surface area contributed by atoms with Crippen molar-refractivity contribution in [2.75, 3.05) is 44.4 Å². The molecule has 1 fully saturated rings. The molecule has 2 aromatic heterocycles. The number of benzene rings is 1. The maximum Gasteiger partial charge on any atom is 0.230 e. The third kappa shape index (κ3) is 3.76. The molecule has 3 heterocycles. The number of halogens is 1. The predicted octanol–water partition coefficient (Wildman–Crippen LogP) is 2.09. The Labute approximate surface area is 164 Å². The number of hydrogen-bond acceptors (Lipinski definition) is 7. The first-order chi connectivity index (χ1) is 13.2. The van der Waals surface area contributed by atoms with E-state index in [1.807, 2.05) is 31.3 Å². The van der Waals surface area contributed by atoms with Gasteiger partial charge in [-0.15, -0.1) is 5.10 Å². The zero-order valence-electron chi connectivity index (χ0n) is 14.9. The summed E-state index contributed by atoms with van der Waals surface area (Å²) in [5, 5.41) is 14.5. The van der Waals surface area contributed by atoms with Crippen LogP contribution in [0.3, 0.4) is 0 Å². The van der Waals surface area contributed by atoms with Crippen LogP contribution in [0.1, 0.15) is 5.56 Å². The van der Waals surface area contributed by atoms with Gasteiger partial charge in [0, 0.05) is 23.8 Å². The van der Waals surface area contributed by atoms with Gasteiger partial charge >= 0.3 is 0 Å². The molecule has 1 aliphatic heterocycles. The number of aromatic nitrogens is 4. The Kier molecular flexibility index (Phi) is 5.24. The number of rotatable bonds is 5. The van der Waals surface area contributed by atoms with E-state index in [2.05, 4.69) is 35.9 Å². The monoisotopic (exact) mass is 433 g/mol. The van der Waals surface area contributed by atoms with Gasteiger partial charge in [-0.2, -0.15) is 9.97 Å². The van der Waals surface area contributed by atoms with Gasteiger partial charge in [0.05, 0.1) is 25.5 Å². The van der Waals surface area contributed by atoms with Gasteiger partial charge in [-0.05, 0) is 30.7 Å². The molecule has 1 N–H and O–H groups in total. The molecule has 1 saturated heterocycles. The van der Waals surface area contributed by atoms with Crippen molar-refractivity contribution in [3.63, 3.8) is 0 Å². The molecule has 1 aromatic carbocycles. The molecule has 0 radical (unpaired) electrons. The molecule has 1 aliphatic rings. The summed E-state index contributed by atoms with van der Waals surface area (Å²) in [6.07, 6.45) is 1.86. The predicted molar refractivity (Wildman–Crippen MR) is 105 cm³/mol. The van der Waals surface area contributed by atoms with E-state index in [1.165, 1.54) is 0 Å². The molecule has 4 rings (SSSR count). The third-order valence-corrected chi connectivity index (χ3v) is 4.86. The number of morpholine rings is 1. The first kappa shape index (κ1) is 18.1. The highest BCUT2D eigenvalue weighted by Gasteiger charge is 2.19. The number of nitrogens with zero attached hydrogens (tertiary/aromatic N) is 5. The summed E-state index contributed by atoms with van der Waals surface area (Å²) in [6.45, 7) is 4.83. The van der Waals surface area contributed by atoms with E-state index in [-0.39, 0.29) is 13.2 Å². The Morgan fingerprint density at radius 2 is 2.07 bits per heavy atom. The van der Waals surface area contributed by atoms with Crippen LogP contribution in [0, 0.1) is 6.92 Å². The molecule has 142 valence electrons. The summed E-state index contributed by atoms with van der Waals surface area (Å²) in [5.74, 6) is 0.994. The zero-order chi connectivity index (χ0) is 18.8. The number of ether oxygens (including phenoxy) is 2. The fourth-order valence-corrected chi connectivity index (χ4v) is 3.50. The van der Waals surface area contributed by atoms with Gasteiger partial charge < -0.3 is 19.5 Å². The van der Waals surface area contributed by atoms with Crippen molar-refractivity contribution in [3.05, 3.63) is 34.4 Å². The molecule has 27 heavy (non-hydrogen) atoms. The van der Waals surface area contributed by atoms with Crippen molar-refractivity contribution in [1.82, 2.24) is 19.7 Å². The Morgan fingerprint density at radius 3 is 2.81 bits per heavy atom.